The van der Waals surface area contributed by atoms with Gasteiger partial charge in [0.1, 0.15) is 11.9 Å². The fourth-order valence-corrected chi connectivity index (χ4v) is 3.26. The van der Waals surface area contributed by atoms with Gasteiger partial charge < -0.3 is 4.74 Å². The Labute approximate surface area is 170 Å². The topological polar surface area (TPSA) is 70.4 Å². The normalized spacial score (nSPS) is 12.7. The van der Waals surface area contributed by atoms with Gasteiger partial charge in [0.25, 0.3) is 10.1 Å². The van der Waals surface area contributed by atoms with Gasteiger partial charge in [-0.25, -0.2) is 9.07 Å². The van der Waals surface area contributed by atoms with Gasteiger partial charge in [-0.2, -0.15) is 13.5 Å². The third-order valence-electron chi connectivity index (χ3n) is 4.39. The lowest BCUT2D eigenvalue weighted by Gasteiger charge is -2.09. The van der Waals surface area contributed by atoms with E-state index in [4.69, 9.17) is 8.92 Å². The molecule has 3 aromatic rings. The number of alkyl halides is 1. The van der Waals surface area contributed by atoms with Crippen molar-refractivity contribution in [3.8, 4) is 22.7 Å². The average molecular weight is 418 g/mol. The zero-order valence-corrected chi connectivity index (χ0v) is 17.3. The van der Waals surface area contributed by atoms with E-state index in [0.29, 0.717) is 12.1 Å². The summed E-state index contributed by atoms with van der Waals surface area (Å²) in [4.78, 5) is 0. The summed E-state index contributed by atoms with van der Waals surface area (Å²) in [6.07, 6.45) is 0.304. The molecule has 0 radical (unpaired) electrons. The summed E-state index contributed by atoms with van der Waals surface area (Å²) in [5.41, 5.74) is 3.70. The molecule has 0 aliphatic rings. The van der Waals surface area contributed by atoms with Crippen LogP contribution in [0.2, 0.25) is 0 Å². The summed E-state index contributed by atoms with van der Waals surface area (Å²) >= 11 is 0. The molecule has 1 aromatic heterocycles. The van der Waals surface area contributed by atoms with E-state index in [1.54, 1.807) is 17.9 Å². The number of hydrogen-bond acceptors (Lipinski definition) is 5. The molecule has 1 atom stereocenters. The van der Waals surface area contributed by atoms with E-state index in [-0.39, 0.29) is 6.61 Å². The molecule has 154 valence electrons. The van der Waals surface area contributed by atoms with Crippen molar-refractivity contribution >= 4 is 10.1 Å². The van der Waals surface area contributed by atoms with Crippen molar-refractivity contribution in [2.24, 2.45) is 0 Å². The molecule has 0 aliphatic carbocycles. The Bertz CT molecular complexity index is 1060. The zero-order valence-electron chi connectivity index (χ0n) is 16.5. The van der Waals surface area contributed by atoms with Crippen LogP contribution in [0.5, 0.6) is 5.75 Å². The summed E-state index contributed by atoms with van der Waals surface area (Å²) in [6, 6.07) is 16.7. The first-order chi connectivity index (χ1) is 13.8. The minimum absolute atomic E-state index is 0.0888. The molecule has 0 N–H and O–H groups in total. The lowest BCUT2D eigenvalue weighted by Crippen LogP contribution is -2.06. The summed E-state index contributed by atoms with van der Waals surface area (Å²) in [5, 5.41) is 4.43. The summed E-state index contributed by atoms with van der Waals surface area (Å²) < 4.78 is 47.7. The van der Waals surface area contributed by atoms with Crippen LogP contribution in [0.3, 0.4) is 0 Å². The molecule has 0 spiro atoms. The van der Waals surface area contributed by atoms with Crippen molar-refractivity contribution in [2.75, 3.05) is 20.0 Å². The maximum atomic E-state index is 13.9. The second kappa shape index (κ2) is 8.75. The third-order valence-corrected chi connectivity index (χ3v) is 4.99. The molecule has 0 saturated heterocycles. The fourth-order valence-electron chi connectivity index (χ4n) is 2.87. The first-order valence-corrected chi connectivity index (χ1v) is 10.9. The molecule has 0 saturated carbocycles. The number of nitrogens with zero attached hydrogens (tertiary/aromatic N) is 2. The minimum Gasteiger partial charge on any atom is -0.497 e. The molecule has 0 fully saturated rings. The monoisotopic (exact) mass is 418 g/mol. The van der Waals surface area contributed by atoms with Crippen LogP contribution in [0.25, 0.3) is 16.9 Å². The largest absolute Gasteiger partial charge is 0.497 e. The van der Waals surface area contributed by atoms with E-state index < -0.39 is 16.3 Å². The quantitative estimate of drug-likeness (QED) is 0.515. The number of halogens is 1. The predicted molar refractivity (Wildman–Crippen MR) is 110 cm³/mol. The van der Waals surface area contributed by atoms with Gasteiger partial charge in [-0.1, -0.05) is 24.3 Å². The standard InChI is InChI=1S/C21H23FN2O4S/c1-15(22)20-14-21(24(23-20)18-8-10-19(27-2)11-9-18)17-6-4-16(5-7-17)12-13-28-29(3,25)26/h4-11,14-15H,12-13H2,1-3H3. The van der Waals surface area contributed by atoms with Crippen molar-refractivity contribution in [1.29, 1.82) is 0 Å². The van der Waals surface area contributed by atoms with Gasteiger partial charge >= 0.3 is 0 Å². The molecule has 0 aliphatic heterocycles. The van der Waals surface area contributed by atoms with Gasteiger partial charge in [-0.15, -0.1) is 0 Å². The van der Waals surface area contributed by atoms with Gasteiger partial charge in [0, 0.05) is 5.56 Å². The van der Waals surface area contributed by atoms with Gasteiger partial charge in [-0.05, 0) is 49.2 Å². The molecule has 0 bridgehead atoms. The van der Waals surface area contributed by atoms with Gasteiger partial charge in [0.05, 0.1) is 37.0 Å². The average Bonchev–Trinajstić information content (AvgIpc) is 3.13. The second-order valence-electron chi connectivity index (χ2n) is 6.65. The highest BCUT2D eigenvalue weighted by atomic mass is 32.2. The van der Waals surface area contributed by atoms with Gasteiger partial charge in [0.2, 0.25) is 0 Å². The van der Waals surface area contributed by atoms with Crippen LogP contribution in [0.4, 0.5) is 4.39 Å². The molecule has 3 rings (SSSR count). The number of benzene rings is 2. The highest BCUT2D eigenvalue weighted by molar-refractivity contribution is 7.85. The molecule has 29 heavy (non-hydrogen) atoms. The molecule has 8 heteroatoms. The number of rotatable bonds is 8. The van der Waals surface area contributed by atoms with E-state index in [0.717, 1.165) is 34.5 Å². The lowest BCUT2D eigenvalue weighted by atomic mass is 10.1. The smallest absolute Gasteiger partial charge is 0.264 e. The highest BCUT2D eigenvalue weighted by Gasteiger charge is 2.16. The number of ether oxygens (including phenoxy) is 1. The zero-order chi connectivity index (χ0) is 21.0. The third kappa shape index (κ3) is 5.42. The van der Waals surface area contributed by atoms with Gasteiger partial charge in [-0.3, -0.25) is 4.18 Å². The van der Waals surface area contributed by atoms with Gasteiger partial charge in [0.15, 0.2) is 0 Å². The summed E-state index contributed by atoms with van der Waals surface area (Å²) in [5.74, 6) is 0.724. The van der Waals surface area contributed by atoms with Crippen molar-refractivity contribution in [2.45, 2.75) is 19.5 Å². The van der Waals surface area contributed by atoms with E-state index in [2.05, 4.69) is 5.10 Å². The van der Waals surface area contributed by atoms with Crippen molar-refractivity contribution in [1.82, 2.24) is 9.78 Å². The van der Waals surface area contributed by atoms with Crippen LogP contribution in [0, 0.1) is 0 Å². The van der Waals surface area contributed by atoms with Crippen LogP contribution in [0.15, 0.2) is 54.6 Å². The van der Waals surface area contributed by atoms with Crippen LogP contribution in [0.1, 0.15) is 24.4 Å². The Morgan fingerprint density at radius 3 is 2.31 bits per heavy atom. The Morgan fingerprint density at radius 2 is 1.76 bits per heavy atom. The summed E-state index contributed by atoms with van der Waals surface area (Å²) in [7, 11) is -1.85. The second-order valence-corrected chi connectivity index (χ2v) is 8.30. The van der Waals surface area contributed by atoms with E-state index in [9.17, 15) is 12.8 Å². The lowest BCUT2D eigenvalue weighted by molar-refractivity contribution is 0.326. The van der Waals surface area contributed by atoms with E-state index in [1.165, 1.54) is 6.92 Å². The maximum absolute atomic E-state index is 13.9. The predicted octanol–water partition coefficient (Wildman–Crippen LogP) is 4.10. The number of hydrogen-bond donors (Lipinski definition) is 0. The first kappa shape index (κ1) is 21.0. The van der Waals surface area contributed by atoms with Crippen LogP contribution < -0.4 is 4.74 Å². The van der Waals surface area contributed by atoms with Crippen molar-refractivity contribution < 1.29 is 21.7 Å². The Morgan fingerprint density at radius 1 is 1.10 bits per heavy atom. The molecule has 2 aromatic carbocycles. The first-order valence-electron chi connectivity index (χ1n) is 9.09. The number of methoxy groups -OCH3 is 1. The highest BCUT2D eigenvalue weighted by Crippen LogP contribution is 2.28. The molecular weight excluding hydrogens is 395 g/mol. The number of aromatic nitrogens is 2. The SMILES string of the molecule is COc1ccc(-n2nc(C(C)F)cc2-c2ccc(CCOS(C)(=O)=O)cc2)cc1. The molecule has 1 unspecified atom stereocenters. The Hall–Kier alpha value is -2.71. The molecule has 1 heterocycles. The molecule has 0 amide bonds. The van der Waals surface area contributed by atoms with Crippen molar-refractivity contribution in [3.63, 3.8) is 0 Å². The maximum Gasteiger partial charge on any atom is 0.264 e. The minimum atomic E-state index is -3.45. The van der Waals surface area contributed by atoms with E-state index in [1.807, 2.05) is 48.5 Å². The Balaban J connectivity index is 1.88. The van der Waals surface area contributed by atoms with Crippen LogP contribution >= 0.6 is 0 Å². The fraction of sp³-hybridized carbons (Fsp3) is 0.286. The van der Waals surface area contributed by atoms with Crippen molar-refractivity contribution in [3.05, 3.63) is 65.9 Å². The summed E-state index contributed by atoms with van der Waals surface area (Å²) in [6.45, 7) is 1.54. The molecule has 6 nitrogen and oxygen atoms in total. The van der Waals surface area contributed by atoms with Crippen LogP contribution in [-0.2, 0) is 20.7 Å². The Kier molecular flexibility index (Phi) is 6.34. The molecular formula is C21H23FN2O4S. The van der Waals surface area contributed by atoms with Crippen LogP contribution in [-0.4, -0.2) is 38.2 Å². The van der Waals surface area contributed by atoms with E-state index >= 15 is 0 Å².